The lowest BCUT2D eigenvalue weighted by Gasteiger charge is -2.18. The minimum atomic E-state index is -0.860. The van der Waals surface area contributed by atoms with Gasteiger partial charge in [-0.3, -0.25) is 10.1 Å². The van der Waals surface area contributed by atoms with Crippen molar-refractivity contribution in [3.63, 3.8) is 0 Å². The molecule has 0 bridgehead atoms. The van der Waals surface area contributed by atoms with Crippen molar-refractivity contribution in [1.82, 2.24) is 15.5 Å². The van der Waals surface area contributed by atoms with E-state index in [9.17, 15) is 9.59 Å². The zero-order chi connectivity index (χ0) is 24.6. The van der Waals surface area contributed by atoms with E-state index in [1.54, 1.807) is 43.5 Å². The van der Waals surface area contributed by atoms with E-state index in [-0.39, 0.29) is 6.42 Å². The molecule has 0 fully saturated rings. The zero-order valence-electron chi connectivity index (χ0n) is 18.7. The van der Waals surface area contributed by atoms with Gasteiger partial charge in [0.1, 0.15) is 16.8 Å². The van der Waals surface area contributed by atoms with Crippen LogP contribution in [0.3, 0.4) is 0 Å². The van der Waals surface area contributed by atoms with Gasteiger partial charge in [-0.2, -0.15) is 0 Å². The number of aromatic nitrogens is 2. The lowest BCUT2D eigenvalue weighted by molar-refractivity contribution is -0.117. The monoisotopic (exact) mass is 507 g/mol. The van der Waals surface area contributed by atoms with Gasteiger partial charge in [-0.1, -0.05) is 71.5 Å². The number of halogens is 1. The van der Waals surface area contributed by atoms with Crippen LogP contribution >= 0.6 is 22.9 Å². The Bertz CT molecular complexity index is 1320. The molecule has 0 unspecified atom stereocenters. The summed E-state index contributed by atoms with van der Waals surface area (Å²) in [5.74, 6) is 0.191. The summed E-state index contributed by atoms with van der Waals surface area (Å²) in [4.78, 5) is 25.9. The van der Waals surface area contributed by atoms with Crippen LogP contribution in [-0.2, 0) is 11.2 Å². The Kier molecular flexibility index (Phi) is 7.92. The van der Waals surface area contributed by atoms with Gasteiger partial charge < -0.3 is 15.4 Å². The molecular formula is C25H22ClN5O3S. The fraction of sp³-hybridized carbons (Fsp3) is 0.120. The van der Waals surface area contributed by atoms with Gasteiger partial charge in [0.25, 0.3) is 0 Å². The summed E-state index contributed by atoms with van der Waals surface area (Å²) < 4.78 is 5.19. The van der Waals surface area contributed by atoms with Crippen LogP contribution in [0.2, 0.25) is 5.02 Å². The van der Waals surface area contributed by atoms with Crippen LogP contribution in [0.25, 0.3) is 10.6 Å². The predicted octanol–water partition coefficient (Wildman–Crippen LogP) is 5.24. The number of hydrogen-bond acceptors (Lipinski definition) is 6. The first-order chi connectivity index (χ1) is 17.0. The normalized spacial score (nSPS) is 11.4. The molecule has 35 heavy (non-hydrogen) atoms. The van der Waals surface area contributed by atoms with Gasteiger partial charge in [-0.25, -0.2) is 4.79 Å². The first-order valence-electron chi connectivity index (χ1n) is 10.7. The summed E-state index contributed by atoms with van der Waals surface area (Å²) in [7, 11) is 1.55. The third-order valence-corrected chi connectivity index (χ3v) is 6.08. The number of rotatable bonds is 8. The zero-order valence-corrected chi connectivity index (χ0v) is 20.3. The van der Waals surface area contributed by atoms with Crippen molar-refractivity contribution >= 4 is 45.7 Å². The number of benzene rings is 3. The molecule has 3 N–H and O–H groups in total. The third kappa shape index (κ3) is 6.78. The summed E-state index contributed by atoms with van der Waals surface area (Å²) >= 11 is 7.28. The number of hydrogen-bond donors (Lipinski definition) is 3. The predicted molar refractivity (Wildman–Crippen MR) is 138 cm³/mol. The number of carbonyl (C=O) groups excluding carboxylic acids is 2. The molecule has 0 spiro atoms. The molecule has 0 aliphatic carbocycles. The van der Waals surface area contributed by atoms with Crippen molar-refractivity contribution in [3.8, 4) is 16.3 Å². The van der Waals surface area contributed by atoms with Gasteiger partial charge >= 0.3 is 6.03 Å². The number of ether oxygens (including phenoxy) is 1. The number of nitrogens with zero attached hydrogens (tertiary/aromatic N) is 2. The van der Waals surface area contributed by atoms with Gasteiger partial charge in [-0.05, 0) is 29.8 Å². The van der Waals surface area contributed by atoms with Crippen LogP contribution < -0.4 is 20.7 Å². The number of amides is 3. The van der Waals surface area contributed by atoms with E-state index in [1.807, 2.05) is 42.5 Å². The molecule has 4 rings (SSSR count). The van der Waals surface area contributed by atoms with E-state index >= 15 is 0 Å². The summed E-state index contributed by atoms with van der Waals surface area (Å²) in [6.07, 6.45) is 0.290. The Morgan fingerprint density at radius 2 is 1.77 bits per heavy atom. The number of nitrogens with one attached hydrogen (secondary N) is 3. The molecule has 0 saturated carbocycles. The molecule has 1 aromatic heterocycles. The van der Waals surface area contributed by atoms with Gasteiger partial charge in [0.15, 0.2) is 0 Å². The van der Waals surface area contributed by atoms with Crippen molar-refractivity contribution in [1.29, 1.82) is 0 Å². The average Bonchev–Trinajstić information content (AvgIpc) is 3.33. The lowest BCUT2D eigenvalue weighted by Crippen LogP contribution is -2.46. The Labute approximate surface area is 211 Å². The first-order valence-corrected chi connectivity index (χ1v) is 11.9. The second kappa shape index (κ2) is 11.5. The molecule has 10 heteroatoms. The van der Waals surface area contributed by atoms with Crippen LogP contribution in [0.15, 0.2) is 78.9 Å². The summed E-state index contributed by atoms with van der Waals surface area (Å²) in [6, 6.07) is 22.2. The molecule has 0 radical (unpaired) electrons. The quantitative estimate of drug-likeness (QED) is 0.302. The topological polar surface area (TPSA) is 105 Å². The summed E-state index contributed by atoms with van der Waals surface area (Å²) in [6.45, 7) is 0. The van der Waals surface area contributed by atoms with Gasteiger partial charge in [-0.15, -0.1) is 10.2 Å². The van der Waals surface area contributed by atoms with Crippen LogP contribution in [0.4, 0.5) is 15.6 Å². The highest BCUT2D eigenvalue weighted by molar-refractivity contribution is 7.18. The average molecular weight is 508 g/mol. The van der Waals surface area contributed by atoms with Gasteiger partial charge in [0.2, 0.25) is 11.0 Å². The van der Waals surface area contributed by atoms with Crippen LogP contribution in [0.5, 0.6) is 5.75 Å². The number of methoxy groups -OCH3 is 1. The van der Waals surface area contributed by atoms with E-state index in [4.69, 9.17) is 16.3 Å². The van der Waals surface area contributed by atoms with E-state index in [0.29, 0.717) is 26.6 Å². The molecule has 1 atom stereocenters. The van der Waals surface area contributed by atoms with Crippen molar-refractivity contribution < 1.29 is 14.3 Å². The number of carbonyl (C=O) groups is 2. The molecule has 0 aliphatic rings. The van der Waals surface area contributed by atoms with E-state index in [2.05, 4.69) is 26.1 Å². The minimum Gasteiger partial charge on any atom is -0.497 e. The molecule has 0 aliphatic heterocycles. The summed E-state index contributed by atoms with van der Waals surface area (Å²) in [5.41, 5.74) is 2.23. The van der Waals surface area contributed by atoms with Gasteiger partial charge in [0.05, 0.1) is 7.11 Å². The Morgan fingerprint density at radius 1 is 0.971 bits per heavy atom. The first kappa shape index (κ1) is 24.2. The maximum Gasteiger partial charge on any atom is 0.319 e. The van der Waals surface area contributed by atoms with E-state index in [0.717, 1.165) is 11.1 Å². The van der Waals surface area contributed by atoms with Gasteiger partial charge in [0, 0.05) is 28.8 Å². The second-order valence-corrected chi connectivity index (χ2v) is 8.90. The van der Waals surface area contributed by atoms with Crippen LogP contribution in [-0.4, -0.2) is 35.3 Å². The maximum atomic E-state index is 13.1. The Balaban J connectivity index is 1.47. The highest BCUT2D eigenvalue weighted by atomic mass is 35.5. The smallest absolute Gasteiger partial charge is 0.319 e. The highest BCUT2D eigenvalue weighted by Crippen LogP contribution is 2.28. The molecule has 1 heterocycles. The van der Waals surface area contributed by atoms with E-state index < -0.39 is 18.0 Å². The van der Waals surface area contributed by atoms with E-state index in [1.165, 1.54) is 11.3 Å². The van der Waals surface area contributed by atoms with Crippen molar-refractivity contribution in [2.45, 2.75) is 12.5 Å². The molecule has 3 aromatic carbocycles. The molecule has 0 saturated heterocycles. The largest absolute Gasteiger partial charge is 0.497 e. The number of anilines is 2. The SMILES string of the molecule is COc1cccc(NC(=O)N[C@H](Cc2ccccc2)C(=O)Nc2nnc(-c3cccc(Cl)c3)s2)c1. The Hall–Kier alpha value is -3.95. The van der Waals surface area contributed by atoms with Crippen LogP contribution in [0.1, 0.15) is 5.56 Å². The molecule has 4 aromatic rings. The maximum absolute atomic E-state index is 13.1. The molecule has 8 nitrogen and oxygen atoms in total. The van der Waals surface area contributed by atoms with Crippen LogP contribution in [0, 0.1) is 0 Å². The second-order valence-electron chi connectivity index (χ2n) is 7.48. The standard InChI is InChI=1S/C25H22ClN5O3S/c1-34-20-12-6-11-19(15-20)27-24(33)28-21(13-16-7-3-2-4-8-16)22(32)29-25-31-30-23(35-25)17-9-5-10-18(26)14-17/h2-12,14-15,21H,13H2,1H3,(H2,27,28,33)(H,29,31,32)/t21-/m1/s1. The summed E-state index contributed by atoms with van der Waals surface area (Å²) in [5, 5.41) is 18.0. The van der Waals surface area contributed by atoms with Crippen molar-refractivity contribution in [2.24, 2.45) is 0 Å². The minimum absolute atomic E-state index is 0.290. The lowest BCUT2D eigenvalue weighted by atomic mass is 10.1. The number of urea groups is 1. The van der Waals surface area contributed by atoms with Crippen molar-refractivity contribution in [3.05, 3.63) is 89.4 Å². The highest BCUT2D eigenvalue weighted by Gasteiger charge is 2.23. The molecule has 3 amide bonds. The van der Waals surface area contributed by atoms with Crippen molar-refractivity contribution in [2.75, 3.05) is 17.7 Å². The fourth-order valence-electron chi connectivity index (χ4n) is 3.29. The molecule has 178 valence electrons. The Morgan fingerprint density at radius 3 is 2.54 bits per heavy atom. The molecular weight excluding hydrogens is 486 g/mol. The third-order valence-electron chi connectivity index (χ3n) is 4.96. The fourth-order valence-corrected chi connectivity index (χ4v) is 4.22.